The Kier molecular flexibility index (Phi) is 5.27. The first kappa shape index (κ1) is 15.9. The molecule has 2 rings (SSSR count). The summed E-state index contributed by atoms with van der Waals surface area (Å²) in [5.74, 6) is 0.431. The minimum Gasteiger partial charge on any atom is -0.480 e. The van der Waals surface area contributed by atoms with Gasteiger partial charge >= 0.3 is 5.97 Å². The van der Waals surface area contributed by atoms with Crippen molar-refractivity contribution in [1.82, 2.24) is 0 Å². The van der Waals surface area contributed by atoms with Gasteiger partial charge in [-0.25, -0.2) is 0 Å². The van der Waals surface area contributed by atoms with Crippen LogP contribution in [-0.4, -0.2) is 23.7 Å². The van der Waals surface area contributed by atoms with Crippen LogP contribution < -0.4 is 4.90 Å². The molecule has 0 aliphatic heterocycles. The number of hydrogen-bond donors (Lipinski definition) is 1. The highest BCUT2D eigenvalue weighted by molar-refractivity contribution is 5.74. The fourth-order valence-corrected chi connectivity index (χ4v) is 3.59. The number of carboxylic acids is 1. The lowest BCUT2D eigenvalue weighted by Crippen LogP contribution is -2.46. The van der Waals surface area contributed by atoms with E-state index in [-0.39, 0.29) is 6.54 Å². The largest absolute Gasteiger partial charge is 0.480 e. The van der Waals surface area contributed by atoms with Crippen molar-refractivity contribution in [2.24, 2.45) is 11.8 Å². The summed E-state index contributed by atoms with van der Waals surface area (Å²) >= 11 is 0. The first-order valence-electron chi connectivity index (χ1n) is 8.04. The average Bonchev–Trinajstić information content (AvgIpc) is 2.45. The Morgan fingerprint density at radius 3 is 2.43 bits per heavy atom. The number of aryl methyl sites for hydroxylation is 1. The standard InChI is InChI=1S/C18H27NO2/c1-13(2)16-6-4-5-7-17(16)19(12-18(20)21)15-10-8-14(3)9-11-15/h8-11,13,16-17H,4-7,12H2,1-3H3,(H,20,21). The summed E-state index contributed by atoms with van der Waals surface area (Å²) in [6.07, 6.45) is 4.79. The second-order valence-electron chi connectivity index (χ2n) is 6.62. The number of carbonyl (C=O) groups is 1. The van der Waals surface area contributed by atoms with Crippen molar-refractivity contribution < 1.29 is 9.90 Å². The Labute approximate surface area is 128 Å². The number of benzene rings is 1. The molecule has 0 bridgehead atoms. The Balaban J connectivity index is 2.29. The Morgan fingerprint density at radius 1 is 1.24 bits per heavy atom. The van der Waals surface area contributed by atoms with E-state index in [0.29, 0.717) is 17.9 Å². The quantitative estimate of drug-likeness (QED) is 0.887. The van der Waals surface area contributed by atoms with Gasteiger partial charge in [-0.1, -0.05) is 44.4 Å². The van der Waals surface area contributed by atoms with Crippen LogP contribution >= 0.6 is 0 Å². The molecule has 2 unspecified atom stereocenters. The maximum Gasteiger partial charge on any atom is 0.323 e. The van der Waals surface area contributed by atoms with Crippen LogP contribution in [0.2, 0.25) is 0 Å². The molecule has 3 heteroatoms. The smallest absolute Gasteiger partial charge is 0.323 e. The van der Waals surface area contributed by atoms with E-state index in [2.05, 4.69) is 49.9 Å². The first-order valence-corrected chi connectivity index (χ1v) is 8.04. The lowest BCUT2D eigenvalue weighted by atomic mass is 9.77. The molecule has 3 nitrogen and oxygen atoms in total. The number of carboxylic acid groups (broad SMARTS) is 1. The third-order valence-corrected chi connectivity index (χ3v) is 4.71. The zero-order chi connectivity index (χ0) is 15.4. The molecule has 1 aromatic rings. The monoisotopic (exact) mass is 289 g/mol. The third-order valence-electron chi connectivity index (χ3n) is 4.71. The number of anilines is 1. The van der Waals surface area contributed by atoms with Crippen LogP contribution in [0.4, 0.5) is 5.69 Å². The summed E-state index contributed by atoms with van der Waals surface area (Å²) in [5.41, 5.74) is 2.25. The minimum absolute atomic E-state index is 0.0942. The molecule has 1 fully saturated rings. The van der Waals surface area contributed by atoms with Gasteiger partial charge in [-0.2, -0.15) is 0 Å². The molecule has 1 aromatic carbocycles. The van der Waals surface area contributed by atoms with Gasteiger partial charge < -0.3 is 10.0 Å². The topological polar surface area (TPSA) is 40.5 Å². The Hall–Kier alpha value is -1.51. The maximum absolute atomic E-state index is 11.3. The summed E-state index contributed by atoms with van der Waals surface area (Å²) in [5, 5.41) is 9.31. The molecular weight excluding hydrogens is 262 g/mol. The van der Waals surface area contributed by atoms with Crippen molar-refractivity contribution in [3.63, 3.8) is 0 Å². The molecule has 1 aliphatic carbocycles. The van der Waals surface area contributed by atoms with Crippen molar-refractivity contribution >= 4 is 11.7 Å². The van der Waals surface area contributed by atoms with E-state index < -0.39 is 5.97 Å². The normalized spacial score (nSPS) is 22.3. The molecule has 21 heavy (non-hydrogen) atoms. The predicted octanol–water partition coefficient (Wildman–Crippen LogP) is 4.10. The highest BCUT2D eigenvalue weighted by atomic mass is 16.4. The van der Waals surface area contributed by atoms with Crippen LogP contribution in [-0.2, 0) is 4.79 Å². The summed E-state index contributed by atoms with van der Waals surface area (Å²) in [6, 6.07) is 8.60. The van der Waals surface area contributed by atoms with Crippen LogP contribution in [0.15, 0.2) is 24.3 Å². The van der Waals surface area contributed by atoms with Crippen LogP contribution in [0, 0.1) is 18.8 Å². The second kappa shape index (κ2) is 6.97. The van der Waals surface area contributed by atoms with E-state index in [4.69, 9.17) is 0 Å². The zero-order valence-corrected chi connectivity index (χ0v) is 13.4. The average molecular weight is 289 g/mol. The van der Waals surface area contributed by atoms with Gasteiger partial charge in [0.1, 0.15) is 6.54 Å². The highest BCUT2D eigenvalue weighted by Crippen LogP contribution is 2.35. The molecule has 1 N–H and O–H groups in total. The van der Waals surface area contributed by atoms with Crippen LogP contribution in [0.3, 0.4) is 0 Å². The lowest BCUT2D eigenvalue weighted by molar-refractivity contribution is -0.135. The third kappa shape index (κ3) is 3.99. The van der Waals surface area contributed by atoms with E-state index in [9.17, 15) is 9.90 Å². The molecule has 0 heterocycles. The fourth-order valence-electron chi connectivity index (χ4n) is 3.59. The molecule has 0 spiro atoms. The van der Waals surface area contributed by atoms with Gasteiger partial charge in [0, 0.05) is 11.7 Å². The second-order valence-corrected chi connectivity index (χ2v) is 6.62. The van der Waals surface area contributed by atoms with Crippen LogP contribution in [0.25, 0.3) is 0 Å². The molecular formula is C18H27NO2. The number of hydrogen-bond acceptors (Lipinski definition) is 2. The van der Waals surface area contributed by atoms with Crippen molar-refractivity contribution in [3.8, 4) is 0 Å². The van der Waals surface area contributed by atoms with E-state index in [1.54, 1.807) is 0 Å². The van der Waals surface area contributed by atoms with Crippen molar-refractivity contribution in [2.45, 2.75) is 52.5 Å². The Bertz CT molecular complexity index is 467. The SMILES string of the molecule is Cc1ccc(N(CC(=O)O)C2CCCCC2C(C)C)cc1. The predicted molar refractivity (Wildman–Crippen MR) is 86.7 cm³/mol. The van der Waals surface area contributed by atoms with Gasteiger partial charge in [0.25, 0.3) is 0 Å². The van der Waals surface area contributed by atoms with E-state index in [1.807, 2.05) is 0 Å². The zero-order valence-electron chi connectivity index (χ0n) is 13.4. The first-order chi connectivity index (χ1) is 9.99. The highest BCUT2D eigenvalue weighted by Gasteiger charge is 2.33. The minimum atomic E-state index is -0.747. The van der Waals surface area contributed by atoms with E-state index >= 15 is 0 Å². The van der Waals surface area contributed by atoms with Crippen molar-refractivity contribution in [2.75, 3.05) is 11.4 Å². The van der Waals surface area contributed by atoms with E-state index in [0.717, 1.165) is 12.1 Å². The van der Waals surface area contributed by atoms with Gasteiger partial charge in [-0.05, 0) is 43.7 Å². The maximum atomic E-state index is 11.3. The molecule has 0 radical (unpaired) electrons. The summed E-state index contributed by atoms with van der Waals surface area (Å²) in [7, 11) is 0. The molecule has 2 atom stereocenters. The summed E-state index contributed by atoms with van der Waals surface area (Å²) in [6.45, 7) is 6.67. The summed E-state index contributed by atoms with van der Waals surface area (Å²) < 4.78 is 0. The fraction of sp³-hybridized carbons (Fsp3) is 0.611. The number of nitrogens with zero attached hydrogens (tertiary/aromatic N) is 1. The van der Waals surface area contributed by atoms with Gasteiger partial charge in [0.05, 0.1) is 0 Å². The van der Waals surface area contributed by atoms with Gasteiger partial charge in [-0.3, -0.25) is 4.79 Å². The number of rotatable bonds is 5. The Morgan fingerprint density at radius 2 is 1.86 bits per heavy atom. The van der Waals surface area contributed by atoms with Gasteiger partial charge in [0.2, 0.25) is 0 Å². The van der Waals surface area contributed by atoms with Gasteiger partial charge in [0.15, 0.2) is 0 Å². The lowest BCUT2D eigenvalue weighted by Gasteiger charge is -2.42. The van der Waals surface area contributed by atoms with Gasteiger partial charge in [-0.15, -0.1) is 0 Å². The number of aliphatic carboxylic acids is 1. The molecule has 1 aliphatic rings. The summed E-state index contributed by atoms with van der Waals surface area (Å²) in [4.78, 5) is 13.4. The van der Waals surface area contributed by atoms with Crippen molar-refractivity contribution in [3.05, 3.63) is 29.8 Å². The van der Waals surface area contributed by atoms with Crippen LogP contribution in [0.5, 0.6) is 0 Å². The van der Waals surface area contributed by atoms with Crippen LogP contribution in [0.1, 0.15) is 45.1 Å². The molecule has 0 aromatic heterocycles. The molecule has 0 saturated heterocycles. The molecule has 0 amide bonds. The van der Waals surface area contributed by atoms with Crippen molar-refractivity contribution in [1.29, 1.82) is 0 Å². The molecule has 116 valence electrons. The molecule has 1 saturated carbocycles. The van der Waals surface area contributed by atoms with E-state index in [1.165, 1.54) is 24.8 Å².